The lowest BCUT2D eigenvalue weighted by Gasteiger charge is -2.30. The third-order valence-electron chi connectivity index (χ3n) is 12.0. The smallest absolute Gasteiger partial charge is 0.408 e. The van der Waals surface area contributed by atoms with Gasteiger partial charge in [0.05, 0.1) is 17.8 Å². The molecule has 2 saturated carbocycles. The fourth-order valence-corrected chi connectivity index (χ4v) is 10.3. The number of fused-ring (bicyclic) bond motifs is 3. The SMILES string of the molecule is CC(C)n1c(O[C@@H]2C[C@H]3C(=O)N[C@]4(C(=O)NS(=O)(=O)N(C)C)C[C@H]4/C=C\CCCCC[C@H](NC(=O)OC(C)(C)C)C(=O)N3C2)nc2c(-c3nc(C4CCCC4)cs3)cccc21. The second-order valence-corrected chi connectivity index (χ2v) is 21.1. The highest BCUT2D eigenvalue weighted by atomic mass is 32.2. The third kappa shape index (κ3) is 9.75. The summed E-state index contributed by atoms with van der Waals surface area (Å²) < 4.78 is 42.9. The van der Waals surface area contributed by atoms with E-state index < -0.39 is 69.3 Å². The maximum Gasteiger partial charge on any atom is 0.408 e. The van der Waals surface area contributed by atoms with Crippen molar-refractivity contribution in [2.24, 2.45) is 5.92 Å². The van der Waals surface area contributed by atoms with Crippen LogP contribution in [0.4, 0.5) is 4.79 Å². The highest BCUT2D eigenvalue weighted by Gasteiger charge is 2.62. The van der Waals surface area contributed by atoms with Gasteiger partial charge in [-0.2, -0.15) is 17.7 Å². The van der Waals surface area contributed by atoms with Crippen LogP contribution in [0.15, 0.2) is 35.7 Å². The van der Waals surface area contributed by atoms with Gasteiger partial charge in [-0.1, -0.05) is 43.9 Å². The standard InChI is InChI=1S/C43H60N8O8S2/c1-26(2)51-33-21-15-19-30(37-44-32(25-60-37)27-16-13-14-17-27)35(33)46-40(51)58-29-22-34-36(52)47-43(39(54)48-61(56,57)49(6)7)23-28(43)18-11-9-8-10-12-20-31(38(53)50(34)24-29)45-41(55)59-42(3,4)5/h11,15,18-19,21,25-29,31,34H,8-10,12-14,16-17,20,22-24H2,1-7H3,(H,45,55)(H,47,52)(H,48,54)/b18-11-/t28-,29-,31+,34+,43-/m1/s1. The number of para-hydroxylation sites is 1. The molecule has 2 aliphatic heterocycles. The normalized spacial score (nSPS) is 26.0. The van der Waals surface area contributed by atoms with Crippen LogP contribution in [0.5, 0.6) is 6.01 Å². The topological polar surface area (TPSA) is 194 Å². The molecule has 16 nitrogen and oxygen atoms in total. The number of carbonyl (C=O) groups excluding carboxylic acids is 4. The molecular weight excluding hydrogens is 821 g/mol. The number of rotatable bonds is 9. The van der Waals surface area contributed by atoms with Gasteiger partial charge in [0, 0.05) is 49.3 Å². The predicted molar refractivity (Wildman–Crippen MR) is 232 cm³/mol. The van der Waals surface area contributed by atoms with Crippen LogP contribution in [-0.4, -0.2) is 106 Å². The molecule has 18 heteroatoms. The summed E-state index contributed by atoms with van der Waals surface area (Å²) in [5.74, 6) is -1.99. The lowest BCUT2D eigenvalue weighted by atomic mass is 10.0. The molecule has 2 aromatic heterocycles. The molecule has 4 heterocycles. The molecule has 1 saturated heterocycles. The van der Waals surface area contributed by atoms with Gasteiger partial charge in [-0.15, -0.1) is 11.3 Å². The van der Waals surface area contributed by atoms with Gasteiger partial charge >= 0.3 is 16.3 Å². The first-order valence-electron chi connectivity index (χ1n) is 21.5. The Hall–Kier alpha value is -4.55. The van der Waals surface area contributed by atoms with Gasteiger partial charge in [-0.25, -0.2) is 14.5 Å². The Kier molecular flexibility index (Phi) is 12.9. The molecule has 0 radical (unpaired) electrons. The largest absolute Gasteiger partial charge is 0.459 e. The van der Waals surface area contributed by atoms with Crippen molar-refractivity contribution in [3.05, 3.63) is 41.4 Å². The maximum absolute atomic E-state index is 14.7. The highest BCUT2D eigenvalue weighted by molar-refractivity contribution is 7.87. The molecule has 5 atom stereocenters. The molecule has 4 amide bonds. The monoisotopic (exact) mass is 880 g/mol. The van der Waals surface area contributed by atoms with Gasteiger partial charge in [0.15, 0.2) is 0 Å². The van der Waals surface area contributed by atoms with Crippen molar-refractivity contribution in [2.45, 2.75) is 147 Å². The van der Waals surface area contributed by atoms with Gasteiger partial charge in [-0.3, -0.25) is 19.0 Å². The quantitative estimate of drug-likeness (QED) is 0.216. The van der Waals surface area contributed by atoms with Crippen LogP contribution in [0.2, 0.25) is 0 Å². The number of aromatic nitrogens is 3. The first-order valence-corrected chi connectivity index (χ1v) is 23.9. The molecule has 2 aliphatic carbocycles. The van der Waals surface area contributed by atoms with E-state index in [4.69, 9.17) is 19.4 Å². The Bertz CT molecular complexity index is 2270. The summed E-state index contributed by atoms with van der Waals surface area (Å²) >= 11 is 1.61. The average Bonchev–Trinajstić information content (AvgIpc) is 3.78. The molecule has 3 N–H and O–H groups in total. The van der Waals surface area contributed by atoms with E-state index in [1.165, 1.54) is 31.8 Å². The maximum atomic E-state index is 14.7. The number of amides is 4. The fraction of sp³-hybridized carbons (Fsp3) is 0.628. The molecule has 0 unspecified atom stereocenters. The van der Waals surface area contributed by atoms with Crippen molar-refractivity contribution < 1.29 is 37.1 Å². The van der Waals surface area contributed by atoms with E-state index >= 15 is 0 Å². The first-order chi connectivity index (χ1) is 28.9. The minimum Gasteiger partial charge on any atom is -0.459 e. The van der Waals surface area contributed by atoms with E-state index in [0.29, 0.717) is 31.2 Å². The minimum absolute atomic E-state index is 0.0215. The molecule has 332 valence electrons. The van der Waals surface area contributed by atoms with E-state index in [2.05, 4.69) is 20.7 Å². The Balaban J connectivity index is 1.22. The summed E-state index contributed by atoms with van der Waals surface area (Å²) in [6.45, 7) is 9.26. The summed E-state index contributed by atoms with van der Waals surface area (Å²) in [7, 11) is -1.58. The number of nitrogens with zero attached hydrogens (tertiary/aromatic N) is 5. The van der Waals surface area contributed by atoms with Crippen molar-refractivity contribution >= 4 is 56.4 Å². The number of nitrogens with one attached hydrogen (secondary N) is 3. The molecule has 4 aliphatic rings. The number of benzene rings is 1. The van der Waals surface area contributed by atoms with Gasteiger partial charge in [0.2, 0.25) is 11.8 Å². The summed E-state index contributed by atoms with van der Waals surface area (Å²) in [6, 6.07) is 4.10. The van der Waals surface area contributed by atoms with Gasteiger partial charge < -0.3 is 25.0 Å². The second-order valence-electron chi connectivity index (χ2n) is 18.3. The number of allylic oxidation sites excluding steroid dienone is 1. The van der Waals surface area contributed by atoms with Crippen LogP contribution in [-0.2, 0) is 29.3 Å². The predicted octanol–water partition coefficient (Wildman–Crippen LogP) is 5.96. The van der Waals surface area contributed by atoms with Crippen molar-refractivity contribution in [2.75, 3.05) is 20.6 Å². The number of ether oxygens (including phenoxy) is 2. The molecular formula is C43H60N8O8S2. The Morgan fingerprint density at radius 3 is 2.49 bits per heavy atom. The molecule has 0 spiro atoms. The van der Waals surface area contributed by atoms with Gasteiger partial charge in [0.1, 0.15) is 39.9 Å². The first kappa shape index (κ1) is 44.5. The summed E-state index contributed by atoms with van der Waals surface area (Å²) in [6.07, 6.45) is 10.4. The van der Waals surface area contributed by atoms with E-state index in [1.807, 2.05) is 48.8 Å². The lowest BCUT2D eigenvalue weighted by Crippen LogP contribution is -2.58. The van der Waals surface area contributed by atoms with Gasteiger partial charge in [-0.05, 0) is 85.3 Å². The zero-order valence-electron chi connectivity index (χ0n) is 36.2. The number of imidazole rings is 1. The number of carbonyl (C=O) groups is 4. The van der Waals surface area contributed by atoms with Crippen molar-refractivity contribution in [1.29, 1.82) is 0 Å². The lowest BCUT2D eigenvalue weighted by molar-refractivity contribution is -0.141. The van der Waals surface area contributed by atoms with Crippen LogP contribution in [0.3, 0.4) is 0 Å². The van der Waals surface area contributed by atoms with Crippen molar-refractivity contribution in [3.8, 4) is 16.6 Å². The van der Waals surface area contributed by atoms with Crippen LogP contribution in [0.1, 0.15) is 123 Å². The zero-order chi connectivity index (χ0) is 43.9. The Morgan fingerprint density at radius 1 is 1.05 bits per heavy atom. The van der Waals surface area contributed by atoms with Gasteiger partial charge in [0.25, 0.3) is 11.9 Å². The summed E-state index contributed by atoms with van der Waals surface area (Å²) in [4.78, 5) is 67.8. The molecule has 3 fully saturated rings. The molecule has 7 rings (SSSR count). The van der Waals surface area contributed by atoms with Crippen LogP contribution in [0, 0.1) is 5.92 Å². The van der Waals surface area contributed by atoms with E-state index in [0.717, 1.165) is 57.3 Å². The third-order valence-corrected chi connectivity index (χ3v) is 14.3. The summed E-state index contributed by atoms with van der Waals surface area (Å²) in [5, 5.41) is 8.70. The van der Waals surface area contributed by atoms with Crippen molar-refractivity contribution in [3.63, 3.8) is 0 Å². The van der Waals surface area contributed by atoms with E-state index in [1.54, 1.807) is 32.1 Å². The Labute approximate surface area is 362 Å². The van der Waals surface area contributed by atoms with E-state index in [9.17, 15) is 27.6 Å². The number of hydrogen-bond acceptors (Lipinski definition) is 11. The van der Waals surface area contributed by atoms with Crippen LogP contribution < -0.4 is 20.1 Å². The minimum atomic E-state index is -4.18. The summed E-state index contributed by atoms with van der Waals surface area (Å²) in [5.41, 5.74) is 1.23. The van der Waals surface area contributed by atoms with Crippen LogP contribution in [0.25, 0.3) is 21.6 Å². The molecule has 1 aromatic carbocycles. The second kappa shape index (κ2) is 17.7. The van der Waals surface area contributed by atoms with Crippen molar-refractivity contribution in [1.82, 2.24) is 39.1 Å². The van der Waals surface area contributed by atoms with Crippen LogP contribution >= 0.6 is 11.3 Å². The number of alkyl carbamates (subject to hydrolysis) is 1. The number of hydrogen-bond donors (Lipinski definition) is 3. The average molecular weight is 881 g/mol. The highest BCUT2D eigenvalue weighted by Crippen LogP contribution is 2.46. The molecule has 61 heavy (non-hydrogen) atoms. The fourth-order valence-electron chi connectivity index (χ4n) is 8.73. The molecule has 0 bridgehead atoms. The zero-order valence-corrected chi connectivity index (χ0v) is 37.9. The number of thiazole rings is 1. The molecule has 3 aromatic rings. The van der Waals surface area contributed by atoms with E-state index in [-0.39, 0.29) is 25.4 Å². The Morgan fingerprint density at radius 2 is 1.79 bits per heavy atom.